The highest BCUT2D eigenvalue weighted by Crippen LogP contribution is 2.42. The lowest BCUT2D eigenvalue weighted by molar-refractivity contribution is 0.221. The van der Waals surface area contributed by atoms with Crippen molar-refractivity contribution in [3.8, 4) is 0 Å². The Morgan fingerprint density at radius 2 is 2.17 bits per heavy atom. The average Bonchev–Trinajstić information content (AvgIpc) is 3.04. The Kier molecular flexibility index (Phi) is 2.93. The lowest BCUT2D eigenvalue weighted by atomic mass is 9.76. The molecule has 0 radical (unpaired) electrons. The van der Waals surface area contributed by atoms with Crippen LogP contribution in [0.5, 0.6) is 0 Å². The van der Waals surface area contributed by atoms with Crippen LogP contribution in [0, 0.1) is 11.8 Å². The van der Waals surface area contributed by atoms with E-state index >= 15 is 0 Å². The minimum atomic E-state index is -0.358. The highest BCUT2D eigenvalue weighted by molar-refractivity contribution is 5.08. The van der Waals surface area contributed by atoms with E-state index in [-0.39, 0.29) is 5.54 Å². The first-order valence-corrected chi connectivity index (χ1v) is 7.21. The zero-order valence-corrected chi connectivity index (χ0v) is 11.4. The maximum atomic E-state index is 6.49. The lowest BCUT2D eigenvalue weighted by Crippen LogP contribution is -2.42. The highest BCUT2D eigenvalue weighted by Gasteiger charge is 2.39. The SMILES string of the molecule is CC1CCCC(N)(c2noc(C(C)C3CC3)n2)C1. The van der Waals surface area contributed by atoms with Crippen LogP contribution in [0.15, 0.2) is 4.52 Å². The molecule has 18 heavy (non-hydrogen) atoms. The Bertz CT molecular complexity index is 426. The number of hydrogen-bond acceptors (Lipinski definition) is 4. The molecule has 2 saturated carbocycles. The van der Waals surface area contributed by atoms with Crippen molar-refractivity contribution in [1.82, 2.24) is 10.1 Å². The fourth-order valence-electron chi connectivity index (χ4n) is 3.22. The van der Waals surface area contributed by atoms with Gasteiger partial charge in [0.1, 0.15) is 0 Å². The quantitative estimate of drug-likeness (QED) is 0.894. The molecule has 100 valence electrons. The van der Waals surface area contributed by atoms with Gasteiger partial charge in [0.25, 0.3) is 0 Å². The zero-order chi connectivity index (χ0) is 12.8. The first-order chi connectivity index (χ1) is 8.58. The van der Waals surface area contributed by atoms with Crippen molar-refractivity contribution in [2.75, 3.05) is 0 Å². The van der Waals surface area contributed by atoms with E-state index in [2.05, 4.69) is 24.0 Å². The second-order valence-electron chi connectivity index (χ2n) is 6.44. The molecule has 1 aromatic rings. The molecule has 2 aliphatic rings. The van der Waals surface area contributed by atoms with Crippen LogP contribution in [-0.2, 0) is 5.54 Å². The largest absolute Gasteiger partial charge is 0.339 e. The minimum absolute atomic E-state index is 0.358. The van der Waals surface area contributed by atoms with E-state index in [4.69, 9.17) is 10.3 Å². The molecule has 2 aliphatic carbocycles. The summed E-state index contributed by atoms with van der Waals surface area (Å²) >= 11 is 0. The van der Waals surface area contributed by atoms with Gasteiger partial charge in [0.05, 0.1) is 5.54 Å². The van der Waals surface area contributed by atoms with Crippen molar-refractivity contribution in [3.05, 3.63) is 11.7 Å². The number of aromatic nitrogens is 2. The van der Waals surface area contributed by atoms with Gasteiger partial charge in [-0.2, -0.15) is 4.98 Å². The molecule has 2 fully saturated rings. The first kappa shape index (κ1) is 12.2. The molecule has 4 nitrogen and oxygen atoms in total. The Balaban J connectivity index is 1.79. The maximum Gasteiger partial charge on any atom is 0.229 e. The van der Waals surface area contributed by atoms with Crippen molar-refractivity contribution < 1.29 is 4.52 Å². The lowest BCUT2D eigenvalue weighted by Gasteiger charge is -2.33. The average molecular weight is 249 g/mol. The highest BCUT2D eigenvalue weighted by atomic mass is 16.5. The predicted molar refractivity (Wildman–Crippen MR) is 68.9 cm³/mol. The third-order valence-corrected chi connectivity index (χ3v) is 4.64. The molecule has 0 aromatic carbocycles. The van der Waals surface area contributed by atoms with Gasteiger partial charge >= 0.3 is 0 Å². The molecule has 0 aliphatic heterocycles. The summed E-state index contributed by atoms with van der Waals surface area (Å²) in [4.78, 5) is 4.60. The van der Waals surface area contributed by atoms with Gasteiger partial charge in [-0.05, 0) is 37.5 Å². The molecule has 3 unspecified atom stereocenters. The third kappa shape index (κ3) is 2.18. The summed E-state index contributed by atoms with van der Waals surface area (Å²) in [5.41, 5.74) is 6.13. The number of nitrogens with two attached hydrogens (primary N) is 1. The molecule has 0 saturated heterocycles. The molecule has 1 aromatic heterocycles. The summed E-state index contributed by atoms with van der Waals surface area (Å²) in [5, 5.41) is 4.17. The minimum Gasteiger partial charge on any atom is -0.339 e. The Labute approximate surface area is 108 Å². The van der Waals surface area contributed by atoms with E-state index < -0.39 is 0 Å². The van der Waals surface area contributed by atoms with Crippen LogP contribution in [0.25, 0.3) is 0 Å². The van der Waals surface area contributed by atoms with Gasteiger partial charge in [-0.1, -0.05) is 31.8 Å². The molecule has 0 spiro atoms. The van der Waals surface area contributed by atoms with Crippen LogP contribution in [-0.4, -0.2) is 10.1 Å². The molecular weight excluding hydrogens is 226 g/mol. The monoisotopic (exact) mass is 249 g/mol. The van der Waals surface area contributed by atoms with Crippen LogP contribution in [0.4, 0.5) is 0 Å². The van der Waals surface area contributed by atoms with Crippen molar-refractivity contribution in [1.29, 1.82) is 0 Å². The third-order valence-electron chi connectivity index (χ3n) is 4.64. The number of nitrogens with zero attached hydrogens (tertiary/aromatic N) is 2. The van der Waals surface area contributed by atoms with Crippen molar-refractivity contribution >= 4 is 0 Å². The second kappa shape index (κ2) is 4.34. The van der Waals surface area contributed by atoms with Crippen molar-refractivity contribution in [2.24, 2.45) is 17.6 Å². The Morgan fingerprint density at radius 3 is 2.83 bits per heavy atom. The summed E-state index contributed by atoms with van der Waals surface area (Å²) in [6.07, 6.45) is 6.98. The van der Waals surface area contributed by atoms with Crippen molar-refractivity contribution in [3.63, 3.8) is 0 Å². The van der Waals surface area contributed by atoms with Crippen LogP contribution in [0.2, 0.25) is 0 Å². The van der Waals surface area contributed by atoms with E-state index in [0.29, 0.717) is 11.8 Å². The van der Waals surface area contributed by atoms with Gasteiger partial charge in [0.2, 0.25) is 5.89 Å². The summed E-state index contributed by atoms with van der Waals surface area (Å²) in [5.74, 6) is 3.33. The van der Waals surface area contributed by atoms with E-state index in [1.165, 1.54) is 25.7 Å². The van der Waals surface area contributed by atoms with Gasteiger partial charge in [-0.3, -0.25) is 0 Å². The Morgan fingerprint density at radius 1 is 1.39 bits per heavy atom. The fraction of sp³-hybridized carbons (Fsp3) is 0.857. The molecule has 0 bridgehead atoms. The van der Waals surface area contributed by atoms with E-state index in [1.807, 2.05) is 0 Å². The molecule has 4 heteroatoms. The summed E-state index contributed by atoms with van der Waals surface area (Å²) in [7, 11) is 0. The molecule has 1 heterocycles. The molecule has 3 rings (SSSR count). The van der Waals surface area contributed by atoms with Gasteiger partial charge in [0.15, 0.2) is 5.82 Å². The standard InChI is InChI=1S/C14H23N3O/c1-9-4-3-7-14(15,8-9)13-16-12(18-17-13)10(2)11-5-6-11/h9-11H,3-8,15H2,1-2H3. The van der Waals surface area contributed by atoms with Crippen molar-refractivity contribution in [2.45, 2.75) is 63.8 Å². The van der Waals surface area contributed by atoms with E-state index in [9.17, 15) is 0 Å². The van der Waals surface area contributed by atoms with E-state index in [1.54, 1.807) is 0 Å². The molecule has 2 N–H and O–H groups in total. The number of hydrogen-bond donors (Lipinski definition) is 1. The first-order valence-electron chi connectivity index (χ1n) is 7.21. The van der Waals surface area contributed by atoms with Crippen LogP contribution < -0.4 is 5.73 Å². The topological polar surface area (TPSA) is 64.9 Å². The van der Waals surface area contributed by atoms with Gasteiger partial charge in [0, 0.05) is 5.92 Å². The van der Waals surface area contributed by atoms with Gasteiger partial charge in [-0.25, -0.2) is 0 Å². The van der Waals surface area contributed by atoms with Crippen LogP contribution in [0.1, 0.15) is 70.0 Å². The van der Waals surface area contributed by atoms with Crippen LogP contribution >= 0.6 is 0 Å². The normalized spacial score (nSPS) is 34.5. The smallest absolute Gasteiger partial charge is 0.229 e. The summed E-state index contributed by atoms with van der Waals surface area (Å²) in [6, 6.07) is 0. The maximum absolute atomic E-state index is 6.49. The van der Waals surface area contributed by atoms with Gasteiger partial charge in [-0.15, -0.1) is 0 Å². The van der Waals surface area contributed by atoms with E-state index in [0.717, 1.165) is 30.5 Å². The predicted octanol–water partition coefficient (Wildman–Crippen LogP) is 2.95. The fourth-order valence-corrected chi connectivity index (χ4v) is 3.22. The number of rotatable bonds is 3. The molecule has 3 atom stereocenters. The summed E-state index contributed by atoms with van der Waals surface area (Å²) < 4.78 is 5.44. The Hall–Kier alpha value is -0.900. The van der Waals surface area contributed by atoms with Crippen LogP contribution in [0.3, 0.4) is 0 Å². The van der Waals surface area contributed by atoms with Gasteiger partial charge < -0.3 is 10.3 Å². The molecular formula is C14H23N3O. The second-order valence-corrected chi connectivity index (χ2v) is 6.44. The zero-order valence-electron chi connectivity index (χ0n) is 11.4. The molecule has 0 amide bonds. The summed E-state index contributed by atoms with van der Waals surface area (Å²) in [6.45, 7) is 4.44.